The van der Waals surface area contributed by atoms with Crippen LogP contribution in [0.5, 0.6) is 0 Å². The van der Waals surface area contributed by atoms with Crippen LogP contribution >= 0.6 is 34.5 Å². The van der Waals surface area contributed by atoms with E-state index in [4.69, 9.17) is 32.7 Å². The molecule has 0 radical (unpaired) electrons. The number of fused-ring (bicyclic) bond motifs is 3. The molecule has 2 atom stereocenters. The number of hydrogen-bond acceptors (Lipinski definition) is 9. The summed E-state index contributed by atoms with van der Waals surface area (Å²) in [6, 6.07) is 8.87. The maximum atomic E-state index is 15.2. The lowest BCUT2D eigenvalue weighted by atomic mass is 9.97. The molecule has 48 heavy (non-hydrogen) atoms. The van der Waals surface area contributed by atoms with Gasteiger partial charge < -0.3 is 14.7 Å². The van der Waals surface area contributed by atoms with E-state index in [1.807, 2.05) is 18.2 Å². The van der Waals surface area contributed by atoms with E-state index in [0.29, 0.717) is 57.1 Å². The fraction of sp³-hybridized carbons (Fsp3) is 0.485. The maximum absolute atomic E-state index is 15.2. The largest absolute Gasteiger partial charge is 0.360 e. The highest BCUT2D eigenvalue weighted by Crippen LogP contribution is 2.47. The van der Waals surface area contributed by atoms with E-state index in [9.17, 15) is 13.2 Å². The Balaban J connectivity index is 0.974. The zero-order chi connectivity index (χ0) is 33.2. The first-order valence-electron chi connectivity index (χ1n) is 16.5. The predicted octanol–water partition coefficient (Wildman–Crippen LogP) is 7.02. The van der Waals surface area contributed by atoms with Gasteiger partial charge in [0.05, 0.1) is 25.8 Å². The Morgan fingerprint density at radius 2 is 1.75 bits per heavy atom. The van der Waals surface area contributed by atoms with Gasteiger partial charge in [0.2, 0.25) is 0 Å². The number of carbonyl (C=O) groups excluding carboxylic acids is 1. The van der Waals surface area contributed by atoms with E-state index in [2.05, 4.69) is 20.1 Å². The van der Waals surface area contributed by atoms with Crippen molar-refractivity contribution in [1.82, 2.24) is 24.5 Å². The molecule has 10 nitrogen and oxygen atoms in total. The Kier molecular flexibility index (Phi) is 8.65. The minimum absolute atomic E-state index is 0.256. The average Bonchev–Trinajstić information content (AvgIpc) is 3.60. The van der Waals surface area contributed by atoms with Crippen LogP contribution in [0.15, 0.2) is 34.9 Å². The van der Waals surface area contributed by atoms with Crippen molar-refractivity contribution in [2.75, 3.05) is 18.0 Å². The Morgan fingerprint density at radius 3 is 2.44 bits per heavy atom. The van der Waals surface area contributed by atoms with Crippen LogP contribution in [0.4, 0.5) is 9.52 Å². The molecule has 5 heterocycles. The second-order valence-corrected chi connectivity index (χ2v) is 16.8. The van der Waals surface area contributed by atoms with Crippen molar-refractivity contribution in [2.45, 2.75) is 88.4 Å². The number of benzene rings is 2. The van der Waals surface area contributed by atoms with Crippen molar-refractivity contribution in [2.24, 2.45) is 0 Å². The quantitative estimate of drug-likeness (QED) is 0.188. The van der Waals surface area contributed by atoms with E-state index in [-0.39, 0.29) is 23.7 Å². The minimum Gasteiger partial charge on any atom is -0.360 e. The fourth-order valence-corrected chi connectivity index (χ4v) is 10.5. The number of halogens is 3. The molecule has 2 aromatic carbocycles. The normalized spacial score (nSPS) is 23.2. The summed E-state index contributed by atoms with van der Waals surface area (Å²) in [7, 11) is -4.05. The van der Waals surface area contributed by atoms with Crippen LogP contribution in [0.3, 0.4) is 0 Å². The van der Waals surface area contributed by atoms with Gasteiger partial charge in [0.1, 0.15) is 17.3 Å². The van der Waals surface area contributed by atoms with Gasteiger partial charge in [0, 0.05) is 60.9 Å². The van der Waals surface area contributed by atoms with Crippen LogP contribution < -0.4 is 14.9 Å². The molecule has 2 N–H and O–H groups in total. The van der Waals surface area contributed by atoms with Crippen LogP contribution in [-0.2, 0) is 16.8 Å². The molecule has 4 fully saturated rings. The first-order chi connectivity index (χ1) is 23.2. The highest BCUT2D eigenvalue weighted by Gasteiger charge is 2.42. The monoisotopic (exact) mass is 732 g/mol. The number of anilines is 1. The molecular formula is C33H35Cl2FN6O4S2. The Hall–Kier alpha value is -2.81. The highest BCUT2D eigenvalue weighted by atomic mass is 35.5. The first-order valence-corrected chi connectivity index (χ1v) is 19.5. The molecule has 2 bridgehead atoms. The lowest BCUT2D eigenvalue weighted by Crippen LogP contribution is -2.49. The zero-order valence-corrected chi connectivity index (χ0v) is 29.2. The Labute approximate surface area is 292 Å². The van der Waals surface area contributed by atoms with Gasteiger partial charge in [0.25, 0.3) is 5.91 Å². The van der Waals surface area contributed by atoms with E-state index in [1.165, 1.54) is 27.8 Å². The molecule has 1 amide bonds. The smallest absolute Gasteiger partial charge is 0.304 e. The molecule has 8 rings (SSSR count). The van der Waals surface area contributed by atoms with E-state index < -0.39 is 21.9 Å². The summed E-state index contributed by atoms with van der Waals surface area (Å²) in [6.07, 6.45) is 8.44. The number of piperidine rings is 2. The van der Waals surface area contributed by atoms with Crippen LogP contribution in [0.1, 0.15) is 85.4 Å². The van der Waals surface area contributed by atoms with Crippen LogP contribution in [0.2, 0.25) is 10.0 Å². The lowest BCUT2D eigenvalue weighted by molar-refractivity contribution is 0.0975. The number of hydrogen-bond donors (Lipinski definition) is 2. The number of carbonyl (C=O) groups is 1. The summed E-state index contributed by atoms with van der Waals surface area (Å²) in [5.74, 6) is -0.488. The summed E-state index contributed by atoms with van der Waals surface area (Å²) in [6.45, 7) is 1.28. The third-order valence-corrected chi connectivity index (χ3v) is 13.2. The lowest BCUT2D eigenvalue weighted by Gasteiger charge is -2.39. The van der Waals surface area contributed by atoms with Gasteiger partial charge in [-0.2, -0.15) is 12.7 Å². The minimum atomic E-state index is -4.05. The summed E-state index contributed by atoms with van der Waals surface area (Å²) < 4.78 is 50.5. The van der Waals surface area contributed by atoms with Crippen molar-refractivity contribution in [3.63, 3.8) is 0 Å². The number of thiazole rings is 1. The zero-order valence-electron chi connectivity index (χ0n) is 26.1. The Bertz CT molecular complexity index is 1960. The molecule has 2 unspecified atom stereocenters. The van der Waals surface area contributed by atoms with Crippen LogP contribution in [0, 0.1) is 5.82 Å². The van der Waals surface area contributed by atoms with Crippen molar-refractivity contribution < 1.29 is 22.1 Å². The van der Waals surface area contributed by atoms with Gasteiger partial charge in [0.15, 0.2) is 5.13 Å². The summed E-state index contributed by atoms with van der Waals surface area (Å²) in [4.78, 5) is 20.1. The van der Waals surface area contributed by atoms with Crippen molar-refractivity contribution in [3.8, 4) is 11.3 Å². The molecule has 1 aliphatic carbocycles. The molecule has 2 aromatic heterocycles. The first kappa shape index (κ1) is 32.4. The molecule has 4 aromatic rings. The second kappa shape index (κ2) is 12.8. The number of nitrogens with one attached hydrogen (secondary N) is 2. The summed E-state index contributed by atoms with van der Waals surface area (Å²) >= 11 is 14.5. The average molecular weight is 734 g/mol. The summed E-state index contributed by atoms with van der Waals surface area (Å²) in [5.41, 5.74) is 2.55. The van der Waals surface area contributed by atoms with Crippen molar-refractivity contribution >= 4 is 66.0 Å². The standard InChI is InChI=1S/C33H35Cl2FN6O4S2/c34-24-5-4-6-25(35)29(24)30-23(31(46-39-30)18-7-8-18)17-37-19-13-20-9-10-21(14-19)42(20)33-38-27-16-26(36)22(15-28(27)47-33)32(43)40-48(44,45)41-11-2-1-3-12-41/h4-6,15-16,18-21,37H,1-3,7-14,17H2,(H,40,43). The van der Waals surface area contributed by atoms with E-state index >= 15 is 4.39 Å². The molecule has 3 aliphatic heterocycles. The van der Waals surface area contributed by atoms with E-state index in [0.717, 1.165) is 74.2 Å². The van der Waals surface area contributed by atoms with Gasteiger partial charge in [-0.3, -0.25) is 4.79 Å². The van der Waals surface area contributed by atoms with Crippen molar-refractivity contribution in [3.05, 3.63) is 63.1 Å². The van der Waals surface area contributed by atoms with Gasteiger partial charge in [-0.15, -0.1) is 0 Å². The third kappa shape index (κ3) is 6.11. The topological polar surface area (TPSA) is 121 Å². The van der Waals surface area contributed by atoms with Gasteiger partial charge >= 0.3 is 10.2 Å². The number of rotatable bonds is 9. The SMILES string of the molecule is O=C(NS(=O)(=O)N1CCCCC1)c1cc2sc(N3C4CCC3CC(NCc3c(-c5c(Cl)cccc5Cl)noc3C3CC3)C4)nc2cc1F. The van der Waals surface area contributed by atoms with Gasteiger partial charge in [-0.05, 0) is 69.6 Å². The third-order valence-electron chi connectivity index (χ3n) is 10.1. The molecule has 254 valence electrons. The van der Waals surface area contributed by atoms with Gasteiger partial charge in [-0.1, -0.05) is 52.2 Å². The Morgan fingerprint density at radius 1 is 1.04 bits per heavy atom. The fourth-order valence-electron chi connectivity index (χ4n) is 7.54. The second-order valence-electron chi connectivity index (χ2n) is 13.3. The molecule has 4 aliphatic rings. The maximum Gasteiger partial charge on any atom is 0.304 e. The van der Waals surface area contributed by atoms with Crippen molar-refractivity contribution in [1.29, 1.82) is 0 Å². The molecule has 1 saturated carbocycles. The molecule has 15 heteroatoms. The highest BCUT2D eigenvalue weighted by molar-refractivity contribution is 7.87. The van der Waals surface area contributed by atoms with Crippen LogP contribution in [0.25, 0.3) is 21.5 Å². The number of aromatic nitrogens is 2. The van der Waals surface area contributed by atoms with E-state index in [1.54, 1.807) is 0 Å². The van der Waals surface area contributed by atoms with Crippen LogP contribution in [-0.4, -0.2) is 60.0 Å². The predicted molar refractivity (Wildman–Crippen MR) is 184 cm³/mol. The van der Waals surface area contributed by atoms with Gasteiger partial charge in [-0.25, -0.2) is 14.1 Å². The molecular weight excluding hydrogens is 698 g/mol. The molecule has 0 spiro atoms. The number of amides is 1. The molecule has 3 saturated heterocycles. The number of nitrogens with zero attached hydrogens (tertiary/aromatic N) is 4. The summed E-state index contributed by atoms with van der Waals surface area (Å²) in [5, 5.41) is 10.1.